The first-order chi connectivity index (χ1) is 12.3. The van der Waals surface area contributed by atoms with Crippen LogP contribution in [-0.4, -0.2) is 29.0 Å². The predicted molar refractivity (Wildman–Crippen MR) is 97.4 cm³/mol. The topological polar surface area (TPSA) is 58.1 Å². The highest BCUT2D eigenvalue weighted by molar-refractivity contribution is 5.84. The van der Waals surface area contributed by atoms with Crippen LogP contribution in [-0.2, 0) is 17.8 Å². The van der Waals surface area contributed by atoms with Gasteiger partial charge in [0.15, 0.2) is 0 Å². The molecule has 0 spiro atoms. The summed E-state index contributed by atoms with van der Waals surface area (Å²) in [6, 6.07) is 8.14. The van der Waals surface area contributed by atoms with Gasteiger partial charge in [-0.05, 0) is 55.4 Å². The fourth-order valence-electron chi connectivity index (χ4n) is 3.81. The lowest BCUT2D eigenvalue weighted by Crippen LogP contribution is -2.30. The molecule has 5 heteroatoms. The number of rotatable bonds is 4. The predicted octanol–water partition coefficient (Wildman–Crippen LogP) is 2.81. The van der Waals surface area contributed by atoms with Gasteiger partial charge in [0.2, 0.25) is 5.91 Å². The number of aryl methyl sites for hydroxylation is 1. The zero-order valence-corrected chi connectivity index (χ0v) is 14.4. The average molecular weight is 336 g/mol. The van der Waals surface area contributed by atoms with Crippen molar-refractivity contribution < 1.29 is 4.79 Å². The summed E-state index contributed by atoms with van der Waals surface area (Å²) < 4.78 is 0. The van der Waals surface area contributed by atoms with Crippen LogP contribution in [0.1, 0.15) is 48.4 Å². The van der Waals surface area contributed by atoms with Gasteiger partial charge < -0.3 is 10.2 Å². The van der Waals surface area contributed by atoms with Crippen LogP contribution in [0.5, 0.6) is 0 Å². The molecule has 2 aliphatic rings. The van der Waals surface area contributed by atoms with Crippen molar-refractivity contribution in [3.63, 3.8) is 0 Å². The summed E-state index contributed by atoms with van der Waals surface area (Å²) in [6.07, 6.45) is 9.25. The lowest BCUT2D eigenvalue weighted by molar-refractivity contribution is -0.122. The van der Waals surface area contributed by atoms with E-state index >= 15 is 0 Å². The number of pyridine rings is 2. The maximum Gasteiger partial charge on any atom is 0.229 e. The standard InChI is InChI=1S/C20H24N4O/c25-20(17-8-7-16-5-4-10-21-19(16)17)23-14-15-6-9-18(22-13-15)24-11-2-1-3-12-24/h4-6,9-10,13,17H,1-3,7-8,11-12,14H2,(H,23,25)/t17-/m0/s1. The third-order valence-corrected chi connectivity index (χ3v) is 5.23. The summed E-state index contributed by atoms with van der Waals surface area (Å²) in [7, 11) is 0. The van der Waals surface area contributed by atoms with Crippen molar-refractivity contribution in [2.24, 2.45) is 0 Å². The number of aromatic nitrogens is 2. The molecule has 1 aliphatic carbocycles. The molecule has 0 bridgehead atoms. The fourth-order valence-corrected chi connectivity index (χ4v) is 3.81. The van der Waals surface area contributed by atoms with Gasteiger partial charge in [-0.1, -0.05) is 12.1 Å². The Labute approximate surface area is 148 Å². The molecular weight excluding hydrogens is 312 g/mol. The molecule has 3 heterocycles. The zero-order valence-electron chi connectivity index (χ0n) is 14.4. The molecule has 25 heavy (non-hydrogen) atoms. The van der Waals surface area contributed by atoms with Crippen molar-refractivity contribution in [2.75, 3.05) is 18.0 Å². The summed E-state index contributed by atoms with van der Waals surface area (Å²) in [5.41, 5.74) is 3.18. The van der Waals surface area contributed by atoms with Crippen molar-refractivity contribution in [2.45, 2.75) is 44.6 Å². The fraction of sp³-hybridized carbons (Fsp3) is 0.450. The maximum absolute atomic E-state index is 12.5. The second-order valence-corrected chi connectivity index (χ2v) is 6.93. The molecule has 0 unspecified atom stereocenters. The van der Waals surface area contributed by atoms with E-state index in [1.165, 1.54) is 24.8 Å². The highest BCUT2D eigenvalue weighted by Crippen LogP contribution is 2.31. The summed E-state index contributed by atoms with van der Waals surface area (Å²) in [4.78, 5) is 23.8. The first-order valence-corrected chi connectivity index (χ1v) is 9.22. The molecule has 1 N–H and O–H groups in total. The number of hydrogen-bond donors (Lipinski definition) is 1. The van der Waals surface area contributed by atoms with Crippen LogP contribution in [0.4, 0.5) is 5.82 Å². The number of carbonyl (C=O) groups is 1. The highest BCUT2D eigenvalue weighted by atomic mass is 16.1. The minimum absolute atomic E-state index is 0.0672. The minimum atomic E-state index is -0.114. The number of piperidine rings is 1. The van der Waals surface area contributed by atoms with E-state index in [0.717, 1.165) is 43.0 Å². The van der Waals surface area contributed by atoms with Gasteiger partial charge >= 0.3 is 0 Å². The van der Waals surface area contributed by atoms with Crippen LogP contribution in [0, 0.1) is 0 Å². The van der Waals surface area contributed by atoms with E-state index in [1.807, 2.05) is 12.3 Å². The van der Waals surface area contributed by atoms with Gasteiger partial charge in [0.25, 0.3) is 0 Å². The van der Waals surface area contributed by atoms with Crippen molar-refractivity contribution in [1.82, 2.24) is 15.3 Å². The van der Waals surface area contributed by atoms with E-state index in [2.05, 4.69) is 38.4 Å². The molecule has 130 valence electrons. The first kappa shape index (κ1) is 16.1. The third kappa shape index (κ3) is 3.50. The molecule has 1 amide bonds. The quantitative estimate of drug-likeness (QED) is 0.933. The number of fused-ring (bicyclic) bond motifs is 1. The number of nitrogens with zero attached hydrogens (tertiary/aromatic N) is 3. The van der Waals surface area contributed by atoms with E-state index in [9.17, 15) is 4.79 Å². The third-order valence-electron chi connectivity index (χ3n) is 5.23. The number of hydrogen-bond acceptors (Lipinski definition) is 4. The normalized spacial score (nSPS) is 19.5. The molecular formula is C20H24N4O. The Morgan fingerprint density at radius 1 is 1.16 bits per heavy atom. The Bertz CT molecular complexity index is 738. The van der Waals surface area contributed by atoms with Gasteiger partial charge in [-0.2, -0.15) is 0 Å². The zero-order chi connectivity index (χ0) is 17.1. The molecule has 2 aromatic heterocycles. The summed E-state index contributed by atoms with van der Waals surface area (Å²) >= 11 is 0. The van der Waals surface area contributed by atoms with E-state index in [0.29, 0.717) is 6.54 Å². The van der Waals surface area contributed by atoms with Crippen molar-refractivity contribution in [1.29, 1.82) is 0 Å². The molecule has 0 saturated carbocycles. The Hall–Kier alpha value is -2.43. The SMILES string of the molecule is O=C(NCc1ccc(N2CCCCC2)nc1)[C@H]1CCc2cccnc21. The van der Waals surface area contributed by atoms with Crippen LogP contribution in [0.2, 0.25) is 0 Å². The average Bonchev–Trinajstić information content (AvgIpc) is 3.11. The second-order valence-electron chi connectivity index (χ2n) is 6.93. The summed E-state index contributed by atoms with van der Waals surface area (Å²) in [5, 5.41) is 3.05. The van der Waals surface area contributed by atoms with E-state index in [4.69, 9.17) is 0 Å². The Balaban J connectivity index is 1.34. The Morgan fingerprint density at radius 2 is 2.04 bits per heavy atom. The molecule has 2 aromatic rings. The maximum atomic E-state index is 12.5. The first-order valence-electron chi connectivity index (χ1n) is 9.22. The summed E-state index contributed by atoms with van der Waals surface area (Å²) in [5.74, 6) is 0.998. The minimum Gasteiger partial charge on any atom is -0.357 e. The van der Waals surface area contributed by atoms with Gasteiger partial charge in [-0.15, -0.1) is 0 Å². The molecule has 4 rings (SSSR count). The van der Waals surface area contributed by atoms with E-state index < -0.39 is 0 Å². The van der Waals surface area contributed by atoms with Gasteiger partial charge in [-0.25, -0.2) is 4.98 Å². The van der Waals surface area contributed by atoms with Crippen LogP contribution >= 0.6 is 0 Å². The van der Waals surface area contributed by atoms with Gasteiger partial charge in [0, 0.05) is 32.0 Å². The molecule has 1 fully saturated rings. The smallest absolute Gasteiger partial charge is 0.229 e. The summed E-state index contributed by atoms with van der Waals surface area (Å²) in [6.45, 7) is 2.71. The van der Waals surface area contributed by atoms with Crippen molar-refractivity contribution >= 4 is 11.7 Å². The number of amides is 1. The van der Waals surface area contributed by atoms with E-state index in [1.54, 1.807) is 6.20 Å². The molecule has 0 radical (unpaired) electrons. The van der Waals surface area contributed by atoms with Crippen molar-refractivity contribution in [3.05, 3.63) is 53.5 Å². The van der Waals surface area contributed by atoms with Crippen molar-refractivity contribution in [3.8, 4) is 0 Å². The monoisotopic (exact) mass is 336 g/mol. The number of anilines is 1. The lowest BCUT2D eigenvalue weighted by Gasteiger charge is -2.27. The van der Waals surface area contributed by atoms with Crippen LogP contribution < -0.4 is 10.2 Å². The van der Waals surface area contributed by atoms with Gasteiger partial charge in [0.1, 0.15) is 5.82 Å². The Kier molecular flexibility index (Phi) is 4.63. The molecule has 0 aromatic carbocycles. The Morgan fingerprint density at radius 3 is 2.84 bits per heavy atom. The van der Waals surface area contributed by atoms with Gasteiger partial charge in [-0.3, -0.25) is 9.78 Å². The molecule has 1 saturated heterocycles. The second kappa shape index (κ2) is 7.21. The molecule has 5 nitrogen and oxygen atoms in total. The lowest BCUT2D eigenvalue weighted by atomic mass is 10.1. The van der Waals surface area contributed by atoms with Crippen LogP contribution in [0.15, 0.2) is 36.7 Å². The van der Waals surface area contributed by atoms with Gasteiger partial charge in [0.05, 0.1) is 11.6 Å². The molecule has 1 atom stereocenters. The van der Waals surface area contributed by atoms with Crippen LogP contribution in [0.3, 0.4) is 0 Å². The number of nitrogens with one attached hydrogen (secondary N) is 1. The van der Waals surface area contributed by atoms with E-state index in [-0.39, 0.29) is 11.8 Å². The largest absolute Gasteiger partial charge is 0.357 e. The molecule has 1 aliphatic heterocycles. The van der Waals surface area contributed by atoms with Crippen LogP contribution in [0.25, 0.3) is 0 Å². The highest BCUT2D eigenvalue weighted by Gasteiger charge is 2.29. The number of carbonyl (C=O) groups excluding carboxylic acids is 1.